The number of likely N-dealkylation sites (tertiary alicyclic amines) is 1. The summed E-state index contributed by atoms with van der Waals surface area (Å²) in [5, 5.41) is 11.0. The number of piperidine rings is 1. The van der Waals surface area contributed by atoms with Gasteiger partial charge in [-0.3, -0.25) is 15.0 Å². The SMILES string of the molecule is CN1CCCC(N2CCN(S(=O)(=O)c3cc(Br)cc([N+](=O)[O-])c3)CC2)C1. The first-order valence-corrected chi connectivity index (χ1v) is 10.9. The first-order valence-electron chi connectivity index (χ1n) is 8.65. The molecular weight excluding hydrogens is 424 g/mol. The molecule has 144 valence electrons. The van der Waals surface area contributed by atoms with Gasteiger partial charge in [-0.1, -0.05) is 15.9 Å². The number of piperazine rings is 1. The molecule has 2 saturated heterocycles. The number of benzene rings is 1. The summed E-state index contributed by atoms with van der Waals surface area (Å²) in [5.41, 5.74) is -0.234. The molecule has 0 radical (unpaired) electrons. The number of non-ortho nitro benzene ring substituents is 1. The number of hydrogen-bond acceptors (Lipinski definition) is 6. The molecule has 1 aromatic rings. The molecule has 2 heterocycles. The van der Waals surface area contributed by atoms with E-state index in [4.69, 9.17) is 0 Å². The van der Waals surface area contributed by atoms with Gasteiger partial charge in [-0.25, -0.2) is 8.42 Å². The summed E-state index contributed by atoms with van der Waals surface area (Å²) in [6.45, 7) is 4.32. The van der Waals surface area contributed by atoms with Crippen molar-refractivity contribution < 1.29 is 13.3 Å². The zero-order chi connectivity index (χ0) is 18.9. The van der Waals surface area contributed by atoms with E-state index in [1.165, 1.54) is 22.9 Å². The first kappa shape index (κ1) is 19.7. The molecule has 2 aliphatic rings. The highest BCUT2D eigenvalue weighted by Gasteiger charge is 2.33. The number of halogens is 1. The smallest absolute Gasteiger partial charge is 0.271 e. The molecule has 0 spiro atoms. The summed E-state index contributed by atoms with van der Waals surface area (Å²) < 4.78 is 27.6. The van der Waals surface area contributed by atoms with E-state index in [-0.39, 0.29) is 10.6 Å². The molecule has 0 amide bonds. The Morgan fingerprint density at radius 1 is 1.15 bits per heavy atom. The molecule has 0 aliphatic carbocycles. The van der Waals surface area contributed by atoms with Crippen LogP contribution in [0, 0.1) is 10.1 Å². The maximum atomic E-state index is 12.9. The summed E-state index contributed by atoms with van der Waals surface area (Å²) in [6, 6.07) is 4.33. The average molecular weight is 447 g/mol. The minimum Gasteiger partial charge on any atom is -0.305 e. The van der Waals surface area contributed by atoms with Crippen molar-refractivity contribution in [3.63, 3.8) is 0 Å². The van der Waals surface area contributed by atoms with Crippen molar-refractivity contribution in [3.05, 3.63) is 32.8 Å². The number of nitro groups is 1. The molecule has 0 saturated carbocycles. The van der Waals surface area contributed by atoms with E-state index in [2.05, 4.69) is 32.8 Å². The summed E-state index contributed by atoms with van der Waals surface area (Å²) in [5.74, 6) is 0. The van der Waals surface area contributed by atoms with Crippen LogP contribution in [0.25, 0.3) is 0 Å². The maximum Gasteiger partial charge on any atom is 0.271 e. The lowest BCUT2D eigenvalue weighted by Gasteiger charge is -2.42. The van der Waals surface area contributed by atoms with Crippen LogP contribution in [0.1, 0.15) is 12.8 Å². The van der Waals surface area contributed by atoms with Crippen molar-refractivity contribution in [3.8, 4) is 0 Å². The van der Waals surface area contributed by atoms with Crippen LogP contribution >= 0.6 is 15.9 Å². The lowest BCUT2D eigenvalue weighted by atomic mass is 10.0. The standard InChI is InChI=1S/C16H23BrN4O4S/c1-18-4-2-3-14(12-18)19-5-7-20(8-6-19)26(24,25)16-10-13(17)9-15(11-16)21(22)23/h9-11,14H,2-8,12H2,1H3. The molecule has 1 unspecified atom stereocenters. The number of nitro benzene ring substituents is 1. The molecule has 26 heavy (non-hydrogen) atoms. The average Bonchev–Trinajstić information content (AvgIpc) is 2.61. The third-order valence-electron chi connectivity index (χ3n) is 5.09. The Kier molecular flexibility index (Phi) is 5.97. The third kappa shape index (κ3) is 4.25. The van der Waals surface area contributed by atoms with Gasteiger partial charge in [0.1, 0.15) is 0 Å². The van der Waals surface area contributed by atoms with Crippen LogP contribution < -0.4 is 0 Å². The fourth-order valence-electron chi connectivity index (χ4n) is 3.70. The van der Waals surface area contributed by atoms with Crippen molar-refractivity contribution >= 4 is 31.6 Å². The first-order chi connectivity index (χ1) is 12.3. The van der Waals surface area contributed by atoms with Crippen molar-refractivity contribution in [2.75, 3.05) is 46.3 Å². The van der Waals surface area contributed by atoms with Crippen LogP contribution in [0.5, 0.6) is 0 Å². The van der Waals surface area contributed by atoms with Gasteiger partial charge in [-0.2, -0.15) is 4.31 Å². The van der Waals surface area contributed by atoms with Gasteiger partial charge in [-0.15, -0.1) is 0 Å². The molecule has 8 nitrogen and oxygen atoms in total. The Bertz CT molecular complexity index is 780. The van der Waals surface area contributed by atoms with Crippen molar-refractivity contribution in [1.82, 2.24) is 14.1 Å². The van der Waals surface area contributed by atoms with E-state index in [1.54, 1.807) is 0 Å². The Morgan fingerprint density at radius 3 is 2.46 bits per heavy atom. The predicted octanol–water partition coefficient (Wildman–Crippen LogP) is 1.76. The highest BCUT2D eigenvalue weighted by Crippen LogP contribution is 2.27. The van der Waals surface area contributed by atoms with Crippen LogP contribution in [0.2, 0.25) is 0 Å². The minimum atomic E-state index is -3.74. The molecule has 1 atom stereocenters. The van der Waals surface area contributed by atoms with E-state index < -0.39 is 14.9 Å². The molecule has 0 bridgehead atoms. The van der Waals surface area contributed by atoms with E-state index in [0.717, 1.165) is 25.6 Å². The zero-order valence-corrected chi connectivity index (χ0v) is 17.1. The fraction of sp³-hybridized carbons (Fsp3) is 0.625. The number of hydrogen-bond donors (Lipinski definition) is 0. The van der Waals surface area contributed by atoms with Crippen molar-refractivity contribution in [1.29, 1.82) is 0 Å². The van der Waals surface area contributed by atoms with E-state index in [1.807, 2.05) is 0 Å². The summed E-state index contributed by atoms with van der Waals surface area (Å²) >= 11 is 3.16. The summed E-state index contributed by atoms with van der Waals surface area (Å²) in [6.07, 6.45) is 2.32. The second kappa shape index (κ2) is 7.89. The quantitative estimate of drug-likeness (QED) is 0.517. The minimum absolute atomic E-state index is 0.0376. The Hall–Kier alpha value is -1.07. The monoisotopic (exact) mass is 446 g/mol. The Labute approximate surface area is 162 Å². The summed E-state index contributed by atoms with van der Waals surface area (Å²) in [4.78, 5) is 15.1. The topological polar surface area (TPSA) is 87.0 Å². The molecular formula is C16H23BrN4O4S. The van der Waals surface area contributed by atoms with Gasteiger partial charge in [0.15, 0.2) is 0 Å². The second-order valence-electron chi connectivity index (χ2n) is 6.90. The van der Waals surface area contributed by atoms with Gasteiger partial charge in [0.2, 0.25) is 10.0 Å². The molecule has 1 aromatic carbocycles. The predicted molar refractivity (Wildman–Crippen MR) is 102 cm³/mol. The van der Waals surface area contributed by atoms with Gasteiger partial charge in [-0.05, 0) is 32.5 Å². The van der Waals surface area contributed by atoms with Crippen LogP contribution in [0.4, 0.5) is 5.69 Å². The Balaban J connectivity index is 1.71. The number of likely N-dealkylation sites (N-methyl/N-ethyl adjacent to an activating group) is 1. The summed E-state index contributed by atoms with van der Waals surface area (Å²) in [7, 11) is -1.63. The van der Waals surface area contributed by atoms with Crippen molar-refractivity contribution in [2.24, 2.45) is 0 Å². The van der Waals surface area contributed by atoms with Crippen LogP contribution in [-0.2, 0) is 10.0 Å². The second-order valence-corrected chi connectivity index (χ2v) is 9.75. The lowest BCUT2D eigenvalue weighted by Crippen LogP contribution is -2.55. The van der Waals surface area contributed by atoms with E-state index >= 15 is 0 Å². The van der Waals surface area contributed by atoms with Crippen LogP contribution in [-0.4, -0.2) is 79.8 Å². The van der Waals surface area contributed by atoms with Crippen LogP contribution in [0.15, 0.2) is 27.6 Å². The molecule has 2 aliphatic heterocycles. The highest BCUT2D eigenvalue weighted by molar-refractivity contribution is 9.10. The molecule has 10 heteroatoms. The highest BCUT2D eigenvalue weighted by atomic mass is 79.9. The lowest BCUT2D eigenvalue weighted by molar-refractivity contribution is -0.385. The largest absolute Gasteiger partial charge is 0.305 e. The maximum absolute atomic E-state index is 12.9. The molecule has 0 N–H and O–H groups in total. The van der Waals surface area contributed by atoms with Gasteiger partial charge in [0.05, 0.1) is 9.82 Å². The van der Waals surface area contributed by atoms with Gasteiger partial charge in [0, 0.05) is 55.4 Å². The van der Waals surface area contributed by atoms with E-state index in [9.17, 15) is 18.5 Å². The fourth-order valence-corrected chi connectivity index (χ4v) is 5.82. The number of nitrogens with zero attached hydrogens (tertiary/aromatic N) is 4. The third-order valence-corrected chi connectivity index (χ3v) is 7.43. The zero-order valence-electron chi connectivity index (χ0n) is 14.7. The number of sulfonamides is 1. The van der Waals surface area contributed by atoms with E-state index in [0.29, 0.717) is 36.7 Å². The van der Waals surface area contributed by atoms with Gasteiger partial charge < -0.3 is 4.90 Å². The normalized spacial score (nSPS) is 23.8. The number of rotatable bonds is 4. The van der Waals surface area contributed by atoms with Gasteiger partial charge >= 0.3 is 0 Å². The molecule has 0 aromatic heterocycles. The Morgan fingerprint density at radius 2 is 1.85 bits per heavy atom. The van der Waals surface area contributed by atoms with Crippen LogP contribution in [0.3, 0.4) is 0 Å². The van der Waals surface area contributed by atoms with Gasteiger partial charge in [0.25, 0.3) is 5.69 Å². The molecule has 3 rings (SSSR count). The van der Waals surface area contributed by atoms with Crippen molar-refractivity contribution in [2.45, 2.75) is 23.8 Å². The molecule has 2 fully saturated rings.